The lowest BCUT2D eigenvalue weighted by Crippen LogP contribution is -2.53. The molecule has 1 atom stereocenters. The summed E-state index contributed by atoms with van der Waals surface area (Å²) in [5.41, 5.74) is 1.59. The first-order valence-corrected chi connectivity index (χ1v) is 10.2. The van der Waals surface area contributed by atoms with E-state index in [4.69, 9.17) is 4.74 Å². The van der Waals surface area contributed by atoms with Gasteiger partial charge in [-0.2, -0.15) is 0 Å². The summed E-state index contributed by atoms with van der Waals surface area (Å²) < 4.78 is 20.4. The minimum Gasteiger partial charge on any atom is -0.478 e. The molecule has 3 aliphatic rings. The van der Waals surface area contributed by atoms with Crippen LogP contribution in [0.4, 0.5) is 14.9 Å². The topological polar surface area (TPSA) is 70.1 Å². The number of fused-ring (bicyclic) bond motifs is 3. The first-order chi connectivity index (χ1) is 14.4. The van der Waals surface area contributed by atoms with Gasteiger partial charge in [0.1, 0.15) is 11.9 Å². The fourth-order valence-electron chi connectivity index (χ4n) is 4.42. The first-order valence-electron chi connectivity index (χ1n) is 10.2. The molecule has 5 rings (SSSR count). The maximum atomic E-state index is 14.6. The zero-order chi connectivity index (χ0) is 21.3. The highest BCUT2D eigenvalue weighted by atomic mass is 19.1. The Morgan fingerprint density at radius 2 is 1.93 bits per heavy atom. The molecule has 3 heterocycles. The van der Waals surface area contributed by atoms with Gasteiger partial charge >= 0.3 is 12.1 Å². The summed E-state index contributed by atoms with van der Waals surface area (Å²) in [7, 11) is 0. The molecule has 7 heteroatoms. The van der Waals surface area contributed by atoms with Crippen molar-refractivity contribution in [2.45, 2.75) is 32.4 Å². The average Bonchev–Trinajstić information content (AvgIpc) is 2.73. The number of nitrogens with zero attached hydrogens (tertiary/aromatic N) is 2. The van der Waals surface area contributed by atoms with Crippen molar-refractivity contribution in [3.8, 4) is 0 Å². The highest BCUT2D eigenvalue weighted by Gasteiger charge is 2.37. The molecule has 0 unspecified atom stereocenters. The van der Waals surface area contributed by atoms with Crippen molar-refractivity contribution in [3.63, 3.8) is 0 Å². The largest absolute Gasteiger partial charge is 0.478 e. The van der Waals surface area contributed by atoms with Gasteiger partial charge in [0, 0.05) is 6.54 Å². The lowest BCUT2D eigenvalue weighted by Gasteiger charge is -2.44. The van der Waals surface area contributed by atoms with Gasteiger partial charge in [0.15, 0.2) is 0 Å². The number of rotatable bonds is 5. The summed E-state index contributed by atoms with van der Waals surface area (Å²) in [6, 6.07) is 10.9. The van der Waals surface area contributed by atoms with Crippen LogP contribution in [-0.4, -0.2) is 47.8 Å². The van der Waals surface area contributed by atoms with Crippen LogP contribution in [0.25, 0.3) is 0 Å². The molecule has 158 valence electrons. The van der Waals surface area contributed by atoms with Gasteiger partial charge in [0.25, 0.3) is 0 Å². The molecule has 6 nitrogen and oxygen atoms in total. The Labute approximate surface area is 174 Å². The van der Waals surface area contributed by atoms with Crippen LogP contribution in [0.2, 0.25) is 0 Å². The van der Waals surface area contributed by atoms with Gasteiger partial charge < -0.3 is 9.84 Å². The number of carboxylic acid groups (broad SMARTS) is 1. The molecule has 30 heavy (non-hydrogen) atoms. The van der Waals surface area contributed by atoms with Gasteiger partial charge in [-0.1, -0.05) is 18.2 Å². The highest BCUT2D eigenvalue weighted by molar-refractivity contribution is 5.89. The van der Waals surface area contributed by atoms with Crippen LogP contribution in [0.3, 0.4) is 0 Å². The third-order valence-corrected chi connectivity index (χ3v) is 5.94. The van der Waals surface area contributed by atoms with E-state index in [1.54, 1.807) is 31.2 Å². The summed E-state index contributed by atoms with van der Waals surface area (Å²) in [6.07, 6.45) is 1.17. The molecule has 0 aliphatic carbocycles. The summed E-state index contributed by atoms with van der Waals surface area (Å²) in [5, 5.41) is 9.35. The Hall–Kier alpha value is -2.93. The minimum absolute atomic E-state index is 0.0167. The quantitative estimate of drug-likeness (QED) is 0.802. The molecule has 0 spiro atoms. The van der Waals surface area contributed by atoms with Gasteiger partial charge in [-0.05, 0) is 74.2 Å². The molecule has 1 N–H and O–H groups in total. The standard InChI is InChI=1S/C23H25FN2O4/c1-15-10-16(12-18(11-15)22(27)28)13-26(20-5-3-2-4-19(20)24)23(29)30-21-14-25-8-6-17(21)7-9-25/h2-5,10-12,17,21H,6-9,13-14H2,1H3,(H,27,28)/t21-/m0/s1. The zero-order valence-corrected chi connectivity index (χ0v) is 16.9. The van der Waals surface area contributed by atoms with E-state index < -0.39 is 17.9 Å². The Morgan fingerprint density at radius 3 is 2.57 bits per heavy atom. The molecule has 3 fully saturated rings. The van der Waals surface area contributed by atoms with Crippen LogP contribution in [0.5, 0.6) is 0 Å². The lowest BCUT2D eigenvalue weighted by molar-refractivity contribution is -0.0311. The van der Waals surface area contributed by atoms with Crippen LogP contribution < -0.4 is 4.90 Å². The summed E-state index contributed by atoms with van der Waals surface area (Å²) in [6.45, 7) is 4.56. The Kier molecular flexibility index (Phi) is 5.72. The second kappa shape index (κ2) is 8.44. The number of para-hydroxylation sites is 1. The number of carbonyl (C=O) groups excluding carboxylic acids is 1. The predicted octanol–water partition coefficient (Wildman–Crippen LogP) is 4.07. The minimum atomic E-state index is -1.05. The molecule has 0 aromatic heterocycles. The second-order valence-corrected chi connectivity index (χ2v) is 8.11. The highest BCUT2D eigenvalue weighted by Crippen LogP contribution is 2.31. The smallest absolute Gasteiger partial charge is 0.415 e. The summed E-state index contributed by atoms with van der Waals surface area (Å²) in [4.78, 5) is 28.1. The SMILES string of the molecule is Cc1cc(CN(C(=O)O[C@H]2CN3CCC2CC3)c2ccccc2F)cc(C(=O)O)c1. The van der Waals surface area contributed by atoms with E-state index in [1.807, 2.05) is 0 Å². The molecule has 1 amide bonds. The third-order valence-electron chi connectivity index (χ3n) is 5.94. The third kappa shape index (κ3) is 4.31. The number of carbonyl (C=O) groups is 2. The number of hydrogen-bond donors (Lipinski definition) is 1. The van der Waals surface area contributed by atoms with Crippen molar-refractivity contribution in [3.05, 3.63) is 65.0 Å². The van der Waals surface area contributed by atoms with Crippen molar-refractivity contribution in [2.75, 3.05) is 24.5 Å². The maximum absolute atomic E-state index is 14.6. The Balaban J connectivity index is 1.61. The molecule has 0 radical (unpaired) electrons. The molecule has 2 bridgehead atoms. The zero-order valence-electron chi connectivity index (χ0n) is 16.9. The van der Waals surface area contributed by atoms with Gasteiger partial charge in [0.2, 0.25) is 0 Å². The Bertz CT molecular complexity index is 956. The molecule has 2 aromatic carbocycles. The molecule has 3 aliphatic heterocycles. The van der Waals surface area contributed by atoms with Gasteiger partial charge in [-0.15, -0.1) is 0 Å². The van der Waals surface area contributed by atoms with Crippen molar-refractivity contribution < 1.29 is 23.8 Å². The van der Waals surface area contributed by atoms with E-state index in [2.05, 4.69) is 4.90 Å². The fraction of sp³-hybridized carbons (Fsp3) is 0.391. The van der Waals surface area contributed by atoms with Crippen LogP contribution in [0.1, 0.15) is 34.3 Å². The Morgan fingerprint density at radius 1 is 1.20 bits per heavy atom. The number of piperidine rings is 3. The molecule has 3 saturated heterocycles. The number of carboxylic acids is 1. The predicted molar refractivity (Wildman–Crippen MR) is 110 cm³/mol. The van der Waals surface area contributed by atoms with E-state index in [0.29, 0.717) is 18.0 Å². The number of halogens is 1. The van der Waals surface area contributed by atoms with E-state index in [9.17, 15) is 19.1 Å². The van der Waals surface area contributed by atoms with Crippen molar-refractivity contribution in [2.24, 2.45) is 5.92 Å². The average molecular weight is 412 g/mol. The summed E-state index contributed by atoms with van der Waals surface area (Å²) in [5.74, 6) is -1.25. The van der Waals surface area contributed by atoms with Crippen LogP contribution in [-0.2, 0) is 11.3 Å². The second-order valence-electron chi connectivity index (χ2n) is 8.11. The van der Waals surface area contributed by atoms with Crippen LogP contribution in [0, 0.1) is 18.7 Å². The maximum Gasteiger partial charge on any atom is 0.415 e. The van der Waals surface area contributed by atoms with E-state index in [0.717, 1.165) is 31.5 Å². The number of hydrogen-bond acceptors (Lipinski definition) is 4. The normalized spacial score (nSPS) is 22.5. The number of ether oxygens (including phenoxy) is 1. The van der Waals surface area contributed by atoms with Crippen molar-refractivity contribution in [1.29, 1.82) is 0 Å². The van der Waals surface area contributed by atoms with E-state index >= 15 is 0 Å². The number of anilines is 1. The number of aromatic carboxylic acids is 1. The molecular formula is C23H25FN2O4. The van der Waals surface area contributed by atoms with E-state index in [1.165, 1.54) is 23.1 Å². The molecule has 2 aromatic rings. The first kappa shape index (κ1) is 20.3. The summed E-state index contributed by atoms with van der Waals surface area (Å²) >= 11 is 0. The lowest BCUT2D eigenvalue weighted by atomic mass is 9.86. The van der Waals surface area contributed by atoms with Crippen molar-refractivity contribution >= 4 is 17.7 Å². The van der Waals surface area contributed by atoms with Crippen LogP contribution in [0.15, 0.2) is 42.5 Å². The van der Waals surface area contributed by atoms with Gasteiger partial charge in [0.05, 0.1) is 17.8 Å². The van der Waals surface area contributed by atoms with Gasteiger partial charge in [-0.3, -0.25) is 9.80 Å². The van der Waals surface area contributed by atoms with Gasteiger partial charge in [-0.25, -0.2) is 14.0 Å². The number of amides is 1. The molecular weight excluding hydrogens is 387 g/mol. The number of benzene rings is 2. The monoisotopic (exact) mass is 412 g/mol. The van der Waals surface area contributed by atoms with E-state index in [-0.39, 0.29) is 23.9 Å². The van der Waals surface area contributed by atoms with Crippen LogP contribution >= 0.6 is 0 Å². The number of aryl methyl sites for hydroxylation is 1. The molecule has 0 saturated carbocycles. The fourth-order valence-corrected chi connectivity index (χ4v) is 4.42. The van der Waals surface area contributed by atoms with Crippen molar-refractivity contribution in [1.82, 2.24) is 4.90 Å².